The lowest BCUT2D eigenvalue weighted by Gasteiger charge is -2.49. The molecule has 2 saturated heterocycles. The second kappa shape index (κ2) is 7.17. The van der Waals surface area contributed by atoms with Gasteiger partial charge in [-0.05, 0) is 56.3 Å². The standard InChI is InChI=1S/C20H31NO3/c22-19(17-3-1-2-4-17)21-10-7-20(8-11-21)9-12-23-14-18(20)15-24-13-16-5-6-16/h1-2,16-18H,3-15H2/t18-/m0/s1. The van der Waals surface area contributed by atoms with E-state index in [9.17, 15) is 4.79 Å². The number of hydrogen-bond acceptors (Lipinski definition) is 3. The van der Waals surface area contributed by atoms with Gasteiger partial charge in [-0.2, -0.15) is 0 Å². The Morgan fingerprint density at radius 2 is 1.88 bits per heavy atom. The number of carbonyl (C=O) groups excluding carboxylic acids is 1. The van der Waals surface area contributed by atoms with Crippen LogP contribution in [0.25, 0.3) is 0 Å². The van der Waals surface area contributed by atoms with E-state index in [1.165, 1.54) is 12.8 Å². The maximum atomic E-state index is 12.6. The summed E-state index contributed by atoms with van der Waals surface area (Å²) in [5, 5.41) is 0. The Labute approximate surface area is 145 Å². The number of amides is 1. The summed E-state index contributed by atoms with van der Waals surface area (Å²) in [5.41, 5.74) is 0.340. The van der Waals surface area contributed by atoms with Gasteiger partial charge in [0, 0.05) is 38.1 Å². The van der Waals surface area contributed by atoms with Crippen molar-refractivity contribution in [2.24, 2.45) is 23.2 Å². The van der Waals surface area contributed by atoms with Gasteiger partial charge >= 0.3 is 0 Å². The first-order valence-electron chi connectivity index (χ1n) is 9.86. The van der Waals surface area contributed by atoms with Crippen LogP contribution >= 0.6 is 0 Å². The van der Waals surface area contributed by atoms with Crippen molar-refractivity contribution in [2.45, 2.75) is 44.9 Å². The first kappa shape index (κ1) is 16.6. The zero-order valence-corrected chi connectivity index (χ0v) is 14.8. The van der Waals surface area contributed by atoms with Gasteiger partial charge in [0.2, 0.25) is 5.91 Å². The fourth-order valence-electron chi connectivity index (χ4n) is 4.68. The fraction of sp³-hybridized carbons (Fsp3) is 0.850. The van der Waals surface area contributed by atoms with Crippen molar-refractivity contribution in [3.63, 3.8) is 0 Å². The van der Waals surface area contributed by atoms with Crippen LogP contribution < -0.4 is 0 Å². The summed E-state index contributed by atoms with van der Waals surface area (Å²) in [6, 6.07) is 0. The van der Waals surface area contributed by atoms with Gasteiger partial charge in [-0.15, -0.1) is 0 Å². The predicted octanol–water partition coefficient (Wildman–Crippen LogP) is 3.02. The largest absolute Gasteiger partial charge is 0.381 e. The number of ether oxygens (including phenoxy) is 2. The van der Waals surface area contributed by atoms with Crippen LogP contribution in [-0.4, -0.2) is 50.3 Å². The molecular formula is C20H31NO3. The molecule has 1 spiro atoms. The van der Waals surface area contributed by atoms with E-state index in [0.29, 0.717) is 17.2 Å². The molecule has 134 valence electrons. The van der Waals surface area contributed by atoms with Crippen LogP contribution in [0.4, 0.5) is 0 Å². The Morgan fingerprint density at radius 1 is 1.12 bits per heavy atom. The number of hydrogen-bond donors (Lipinski definition) is 0. The number of rotatable bonds is 5. The summed E-state index contributed by atoms with van der Waals surface area (Å²) < 4.78 is 11.8. The summed E-state index contributed by atoms with van der Waals surface area (Å²) in [5.74, 6) is 1.93. The minimum atomic E-state index is 0.214. The summed E-state index contributed by atoms with van der Waals surface area (Å²) >= 11 is 0. The zero-order valence-electron chi connectivity index (χ0n) is 14.8. The summed E-state index contributed by atoms with van der Waals surface area (Å²) in [4.78, 5) is 14.8. The molecule has 4 nitrogen and oxygen atoms in total. The molecule has 1 saturated carbocycles. The Bertz CT molecular complexity index is 469. The van der Waals surface area contributed by atoms with Gasteiger partial charge in [-0.25, -0.2) is 0 Å². The molecule has 4 aliphatic rings. The third-order valence-electron chi connectivity index (χ3n) is 6.73. The monoisotopic (exact) mass is 333 g/mol. The van der Waals surface area contributed by atoms with Crippen LogP contribution in [0.1, 0.15) is 44.9 Å². The van der Waals surface area contributed by atoms with Crippen LogP contribution in [0.2, 0.25) is 0 Å². The molecule has 0 aromatic heterocycles. The molecule has 0 radical (unpaired) electrons. The van der Waals surface area contributed by atoms with Gasteiger partial charge in [0.05, 0.1) is 13.2 Å². The van der Waals surface area contributed by atoms with Crippen molar-refractivity contribution < 1.29 is 14.3 Å². The molecule has 1 atom stereocenters. The lowest BCUT2D eigenvalue weighted by Crippen LogP contribution is -2.51. The highest BCUT2D eigenvalue weighted by molar-refractivity contribution is 5.79. The van der Waals surface area contributed by atoms with E-state index in [2.05, 4.69) is 17.1 Å². The van der Waals surface area contributed by atoms with E-state index in [-0.39, 0.29) is 5.92 Å². The van der Waals surface area contributed by atoms with Crippen LogP contribution in [-0.2, 0) is 14.3 Å². The van der Waals surface area contributed by atoms with Crippen LogP contribution in [0, 0.1) is 23.2 Å². The maximum Gasteiger partial charge on any atom is 0.226 e. The Balaban J connectivity index is 1.31. The van der Waals surface area contributed by atoms with Gasteiger partial charge in [0.25, 0.3) is 0 Å². The number of piperidine rings is 1. The van der Waals surface area contributed by atoms with Gasteiger partial charge < -0.3 is 14.4 Å². The average molecular weight is 333 g/mol. The van der Waals surface area contributed by atoms with Gasteiger partial charge in [0.15, 0.2) is 0 Å². The van der Waals surface area contributed by atoms with Crippen LogP contribution in [0.5, 0.6) is 0 Å². The van der Waals surface area contributed by atoms with Crippen molar-refractivity contribution in [3.8, 4) is 0 Å². The predicted molar refractivity (Wildman–Crippen MR) is 92.6 cm³/mol. The number of carbonyl (C=O) groups is 1. The van der Waals surface area contributed by atoms with Crippen molar-refractivity contribution in [1.82, 2.24) is 4.90 Å². The topological polar surface area (TPSA) is 38.8 Å². The smallest absolute Gasteiger partial charge is 0.226 e. The molecule has 2 aliphatic carbocycles. The van der Waals surface area contributed by atoms with Crippen molar-refractivity contribution in [1.29, 1.82) is 0 Å². The molecule has 4 rings (SSSR count). The molecule has 4 heteroatoms. The molecule has 0 aromatic carbocycles. The fourth-order valence-corrected chi connectivity index (χ4v) is 4.68. The zero-order chi connectivity index (χ0) is 16.4. The second-order valence-electron chi connectivity index (χ2n) is 8.33. The van der Waals surface area contributed by atoms with E-state index in [1.807, 2.05) is 0 Å². The third kappa shape index (κ3) is 3.55. The molecular weight excluding hydrogens is 302 g/mol. The lowest BCUT2D eigenvalue weighted by molar-refractivity contribution is -0.142. The van der Waals surface area contributed by atoms with Gasteiger partial charge in [-0.1, -0.05) is 12.2 Å². The highest BCUT2D eigenvalue weighted by atomic mass is 16.5. The van der Waals surface area contributed by atoms with E-state index in [1.54, 1.807) is 0 Å². The van der Waals surface area contributed by atoms with Crippen molar-refractivity contribution in [2.75, 3.05) is 39.5 Å². The minimum Gasteiger partial charge on any atom is -0.381 e. The van der Waals surface area contributed by atoms with E-state index >= 15 is 0 Å². The third-order valence-corrected chi connectivity index (χ3v) is 6.73. The SMILES string of the molecule is O=C(C1CC=CC1)N1CCC2(CCOC[C@H]2COCC2CC2)CC1. The molecule has 24 heavy (non-hydrogen) atoms. The Morgan fingerprint density at radius 3 is 2.58 bits per heavy atom. The molecule has 0 aromatic rings. The van der Waals surface area contributed by atoms with Crippen molar-refractivity contribution in [3.05, 3.63) is 12.2 Å². The van der Waals surface area contributed by atoms with Gasteiger partial charge in [-0.3, -0.25) is 4.79 Å². The first-order valence-corrected chi connectivity index (χ1v) is 9.86. The van der Waals surface area contributed by atoms with Crippen LogP contribution in [0.3, 0.4) is 0 Å². The summed E-state index contributed by atoms with van der Waals surface area (Å²) in [6.45, 7) is 5.34. The molecule has 3 fully saturated rings. The van der Waals surface area contributed by atoms with E-state index < -0.39 is 0 Å². The van der Waals surface area contributed by atoms with Crippen LogP contribution in [0.15, 0.2) is 12.2 Å². The average Bonchev–Trinajstić information content (AvgIpc) is 3.27. The van der Waals surface area contributed by atoms with E-state index in [4.69, 9.17) is 9.47 Å². The summed E-state index contributed by atoms with van der Waals surface area (Å²) in [7, 11) is 0. The van der Waals surface area contributed by atoms with Crippen molar-refractivity contribution >= 4 is 5.91 Å². The Hall–Kier alpha value is -0.870. The lowest BCUT2D eigenvalue weighted by atomic mass is 9.66. The molecule has 2 aliphatic heterocycles. The molecule has 0 N–H and O–H groups in total. The highest BCUT2D eigenvalue weighted by Gasteiger charge is 2.44. The number of likely N-dealkylation sites (tertiary alicyclic amines) is 1. The maximum absolute atomic E-state index is 12.6. The van der Waals surface area contributed by atoms with Gasteiger partial charge in [0.1, 0.15) is 0 Å². The second-order valence-corrected chi connectivity index (χ2v) is 8.33. The number of allylic oxidation sites excluding steroid dienone is 2. The number of nitrogens with zero attached hydrogens (tertiary/aromatic N) is 1. The Kier molecular flexibility index (Phi) is 4.95. The van der Waals surface area contributed by atoms with E-state index in [0.717, 1.165) is 77.5 Å². The highest BCUT2D eigenvalue weighted by Crippen LogP contribution is 2.45. The summed E-state index contributed by atoms with van der Waals surface area (Å²) in [6.07, 6.45) is 12.3. The molecule has 0 unspecified atom stereocenters. The molecule has 0 bridgehead atoms. The quantitative estimate of drug-likeness (QED) is 0.726. The minimum absolute atomic E-state index is 0.214. The molecule has 1 amide bonds. The first-order chi connectivity index (χ1) is 11.8. The molecule has 2 heterocycles. The normalized spacial score (nSPS) is 30.2.